The topological polar surface area (TPSA) is 98.6 Å². The molecule has 0 aliphatic rings. The predicted octanol–water partition coefficient (Wildman–Crippen LogP) is 2.78. The van der Waals surface area contributed by atoms with Gasteiger partial charge >= 0.3 is 5.69 Å². The van der Waals surface area contributed by atoms with Crippen molar-refractivity contribution < 1.29 is 14.8 Å². The van der Waals surface area contributed by atoms with Gasteiger partial charge in [0.05, 0.1) is 12.0 Å². The monoisotopic (exact) mass is 290 g/mol. The van der Waals surface area contributed by atoms with Crippen LogP contribution >= 0.6 is 12.4 Å². The van der Waals surface area contributed by atoms with E-state index in [1.807, 2.05) is 20.8 Å². The number of halogens is 1. The summed E-state index contributed by atoms with van der Waals surface area (Å²) in [6, 6.07) is 2.41. The summed E-state index contributed by atoms with van der Waals surface area (Å²) in [6.07, 6.45) is 0. The maximum atomic E-state index is 10.9. The summed E-state index contributed by atoms with van der Waals surface area (Å²) in [7, 11) is 1.34. The van der Waals surface area contributed by atoms with Gasteiger partial charge in [-0.3, -0.25) is 10.1 Å². The third-order valence-corrected chi connectivity index (χ3v) is 2.79. The Labute approximate surface area is 118 Å². The number of phenolic OH excluding ortho intramolecular Hbond substituents is 1. The van der Waals surface area contributed by atoms with Gasteiger partial charge in [-0.05, 0) is 17.0 Å². The van der Waals surface area contributed by atoms with Crippen LogP contribution in [0.5, 0.6) is 11.5 Å². The van der Waals surface area contributed by atoms with Crippen LogP contribution in [0.15, 0.2) is 12.1 Å². The fourth-order valence-corrected chi connectivity index (χ4v) is 1.59. The molecule has 0 spiro atoms. The number of nitrogens with two attached hydrogens (primary N) is 1. The van der Waals surface area contributed by atoms with Crippen LogP contribution < -0.4 is 10.5 Å². The van der Waals surface area contributed by atoms with Gasteiger partial charge in [0, 0.05) is 12.1 Å². The molecule has 108 valence electrons. The van der Waals surface area contributed by atoms with Gasteiger partial charge in [0.2, 0.25) is 5.75 Å². The van der Waals surface area contributed by atoms with Crippen LogP contribution in [0.25, 0.3) is 0 Å². The molecule has 3 N–H and O–H groups in total. The van der Waals surface area contributed by atoms with Gasteiger partial charge < -0.3 is 15.6 Å². The summed E-state index contributed by atoms with van der Waals surface area (Å²) in [6.45, 7) is 5.80. The van der Waals surface area contributed by atoms with Gasteiger partial charge in [0.25, 0.3) is 0 Å². The lowest BCUT2D eigenvalue weighted by Gasteiger charge is -2.27. The molecular formula is C12H19ClN2O4. The first-order valence-electron chi connectivity index (χ1n) is 5.49. The maximum absolute atomic E-state index is 10.9. The van der Waals surface area contributed by atoms with E-state index in [9.17, 15) is 15.2 Å². The number of hydrogen-bond acceptors (Lipinski definition) is 5. The van der Waals surface area contributed by atoms with E-state index in [1.165, 1.54) is 19.2 Å². The lowest BCUT2D eigenvalue weighted by atomic mass is 9.83. The average Bonchev–Trinajstić information content (AvgIpc) is 2.26. The number of rotatable bonds is 3. The molecule has 0 amide bonds. The average molecular weight is 291 g/mol. The first kappa shape index (κ1) is 17.5. The summed E-state index contributed by atoms with van der Waals surface area (Å²) in [5.41, 5.74) is 5.96. The number of aromatic hydroxyl groups is 1. The third-order valence-electron chi connectivity index (χ3n) is 2.79. The van der Waals surface area contributed by atoms with Gasteiger partial charge in [-0.25, -0.2) is 0 Å². The van der Waals surface area contributed by atoms with Crippen molar-refractivity contribution in [2.45, 2.75) is 26.8 Å². The Hall–Kier alpha value is -1.53. The van der Waals surface area contributed by atoms with Crippen LogP contribution in [0.2, 0.25) is 0 Å². The summed E-state index contributed by atoms with van der Waals surface area (Å²) >= 11 is 0. The number of ether oxygens (including phenoxy) is 1. The molecule has 7 heteroatoms. The lowest BCUT2D eigenvalue weighted by Crippen LogP contribution is -2.26. The van der Waals surface area contributed by atoms with E-state index in [0.717, 1.165) is 0 Å². The number of nitrogens with zero attached hydrogens (tertiary/aromatic N) is 1. The highest BCUT2D eigenvalue weighted by molar-refractivity contribution is 5.85. The van der Waals surface area contributed by atoms with Gasteiger partial charge in [-0.15, -0.1) is 12.4 Å². The first-order chi connectivity index (χ1) is 8.18. The van der Waals surface area contributed by atoms with Crippen molar-refractivity contribution in [3.63, 3.8) is 0 Å². The van der Waals surface area contributed by atoms with Crippen LogP contribution in [0.4, 0.5) is 5.69 Å². The smallest absolute Gasteiger partial charge is 0.314 e. The highest BCUT2D eigenvalue weighted by atomic mass is 35.5. The molecule has 1 aromatic carbocycles. The molecule has 19 heavy (non-hydrogen) atoms. The molecule has 0 aliphatic heterocycles. The summed E-state index contributed by atoms with van der Waals surface area (Å²) < 4.78 is 4.93. The van der Waals surface area contributed by atoms with Crippen LogP contribution in [0.1, 0.15) is 32.4 Å². The Morgan fingerprint density at radius 2 is 1.95 bits per heavy atom. The normalized spacial score (nSPS) is 12.5. The number of phenols is 1. The quantitative estimate of drug-likeness (QED) is 0.659. The van der Waals surface area contributed by atoms with E-state index >= 15 is 0 Å². The molecule has 0 radical (unpaired) electrons. The molecule has 0 aromatic heterocycles. The summed E-state index contributed by atoms with van der Waals surface area (Å²) in [5.74, 6) is -0.425. The minimum absolute atomic E-state index is 0. The van der Waals surface area contributed by atoms with Gasteiger partial charge in [0.15, 0.2) is 5.75 Å². The van der Waals surface area contributed by atoms with E-state index < -0.39 is 22.4 Å². The zero-order valence-electron chi connectivity index (χ0n) is 11.3. The van der Waals surface area contributed by atoms with Crippen LogP contribution in [0.3, 0.4) is 0 Å². The predicted molar refractivity (Wildman–Crippen MR) is 74.9 cm³/mol. The number of benzene rings is 1. The van der Waals surface area contributed by atoms with Crippen LogP contribution in [-0.4, -0.2) is 17.1 Å². The van der Waals surface area contributed by atoms with Crippen molar-refractivity contribution in [1.82, 2.24) is 0 Å². The van der Waals surface area contributed by atoms with Gasteiger partial charge in [0.1, 0.15) is 0 Å². The molecule has 0 bridgehead atoms. The van der Waals surface area contributed by atoms with Gasteiger partial charge in [-0.1, -0.05) is 20.8 Å². The number of methoxy groups -OCH3 is 1. The highest BCUT2D eigenvalue weighted by Gasteiger charge is 2.27. The minimum Gasteiger partial charge on any atom is -0.500 e. The minimum atomic E-state index is -0.656. The molecule has 0 saturated carbocycles. The van der Waals surface area contributed by atoms with E-state index in [0.29, 0.717) is 5.56 Å². The number of nitro groups is 1. The van der Waals surface area contributed by atoms with Crippen molar-refractivity contribution in [1.29, 1.82) is 0 Å². The zero-order valence-corrected chi connectivity index (χ0v) is 12.2. The molecule has 1 rings (SSSR count). The third kappa shape index (κ3) is 3.71. The number of hydrogen-bond donors (Lipinski definition) is 2. The second kappa shape index (κ2) is 6.08. The second-order valence-electron chi connectivity index (χ2n) is 5.19. The molecule has 0 fully saturated rings. The highest BCUT2D eigenvalue weighted by Crippen LogP contribution is 2.41. The van der Waals surface area contributed by atoms with Crippen molar-refractivity contribution in [3.05, 3.63) is 27.8 Å². The fourth-order valence-electron chi connectivity index (χ4n) is 1.59. The maximum Gasteiger partial charge on any atom is 0.314 e. The molecule has 0 aliphatic carbocycles. The molecule has 0 saturated heterocycles. The summed E-state index contributed by atoms with van der Waals surface area (Å²) in [4.78, 5) is 10.2. The van der Waals surface area contributed by atoms with Crippen molar-refractivity contribution in [3.8, 4) is 11.5 Å². The first-order valence-corrected chi connectivity index (χ1v) is 5.49. The molecule has 1 atom stereocenters. The Morgan fingerprint density at radius 3 is 2.32 bits per heavy atom. The van der Waals surface area contributed by atoms with E-state index in [-0.39, 0.29) is 23.6 Å². The van der Waals surface area contributed by atoms with Crippen LogP contribution in [0, 0.1) is 15.5 Å². The van der Waals surface area contributed by atoms with E-state index in [1.54, 1.807) is 0 Å². The second-order valence-corrected chi connectivity index (χ2v) is 5.19. The van der Waals surface area contributed by atoms with Crippen molar-refractivity contribution in [2.24, 2.45) is 11.1 Å². The Bertz CT molecular complexity index is 472. The molecule has 1 aromatic rings. The van der Waals surface area contributed by atoms with Gasteiger partial charge in [-0.2, -0.15) is 0 Å². The zero-order chi connectivity index (χ0) is 14.1. The summed E-state index contributed by atoms with van der Waals surface area (Å²) in [5, 5.41) is 20.5. The van der Waals surface area contributed by atoms with Crippen LogP contribution in [-0.2, 0) is 0 Å². The van der Waals surface area contributed by atoms with Crippen molar-refractivity contribution >= 4 is 18.1 Å². The fraction of sp³-hybridized carbons (Fsp3) is 0.500. The largest absolute Gasteiger partial charge is 0.500 e. The molecule has 0 unspecified atom stereocenters. The standard InChI is InChI=1S/C12H18N2O4.ClH/c1-12(2,3)11(13)7-5-8(14(16)17)10(15)9(6-7)18-4;/h5-6,11,15H,13H2,1-4H3;1H/t11-;/m1./s1. The van der Waals surface area contributed by atoms with E-state index in [4.69, 9.17) is 10.5 Å². The van der Waals surface area contributed by atoms with Crippen molar-refractivity contribution in [2.75, 3.05) is 7.11 Å². The molecular weight excluding hydrogens is 272 g/mol. The Morgan fingerprint density at radius 1 is 1.42 bits per heavy atom. The molecule has 6 nitrogen and oxygen atoms in total. The lowest BCUT2D eigenvalue weighted by molar-refractivity contribution is -0.386. The molecule has 0 heterocycles. The Balaban J connectivity index is 0.00000324. The van der Waals surface area contributed by atoms with E-state index in [2.05, 4.69) is 0 Å². The number of nitro benzene ring substituents is 1. The Kier molecular flexibility index (Phi) is 5.59. The SMILES string of the molecule is COc1cc([C@@H](N)C(C)(C)C)cc([N+](=O)[O-])c1O.Cl.